The van der Waals surface area contributed by atoms with Crippen LogP contribution in [-0.2, 0) is 0 Å². The molecule has 23 heavy (non-hydrogen) atoms. The molecule has 0 aliphatic heterocycles. The number of anilines is 1. The molecule has 0 fully saturated rings. The third-order valence-electron chi connectivity index (χ3n) is 3.73. The first-order valence-corrected chi connectivity index (χ1v) is 7.53. The lowest BCUT2D eigenvalue weighted by molar-refractivity contribution is 0.0941. The molecule has 0 unspecified atom stereocenters. The van der Waals surface area contributed by atoms with Gasteiger partial charge in [0.2, 0.25) is 5.91 Å². The standard InChI is InChI=1S/C18H15ClN2O2/c1-11-7-8-13(9-16(11)19)20-18(23)15-10-21(12(2)22)17-6-4-3-5-14(15)17/h3-10H,1-2H3,(H,20,23). The van der Waals surface area contributed by atoms with Crippen molar-refractivity contribution in [3.63, 3.8) is 0 Å². The smallest absolute Gasteiger partial charge is 0.257 e. The van der Waals surface area contributed by atoms with Gasteiger partial charge < -0.3 is 5.32 Å². The predicted molar refractivity (Wildman–Crippen MR) is 92.4 cm³/mol. The van der Waals surface area contributed by atoms with Crippen LogP contribution < -0.4 is 5.32 Å². The van der Waals surface area contributed by atoms with Crippen LogP contribution in [0.3, 0.4) is 0 Å². The number of hydrogen-bond acceptors (Lipinski definition) is 2. The van der Waals surface area contributed by atoms with E-state index >= 15 is 0 Å². The molecule has 0 spiro atoms. The number of rotatable bonds is 2. The van der Waals surface area contributed by atoms with Gasteiger partial charge in [0.25, 0.3) is 5.91 Å². The number of benzene rings is 2. The van der Waals surface area contributed by atoms with Gasteiger partial charge in [0, 0.05) is 29.2 Å². The van der Waals surface area contributed by atoms with E-state index in [2.05, 4.69) is 5.32 Å². The third-order valence-corrected chi connectivity index (χ3v) is 4.13. The Labute approximate surface area is 138 Å². The molecule has 0 atom stereocenters. The molecular formula is C18H15ClN2O2. The topological polar surface area (TPSA) is 51.1 Å². The maximum Gasteiger partial charge on any atom is 0.257 e. The first-order chi connectivity index (χ1) is 11.0. The Morgan fingerprint density at radius 3 is 2.57 bits per heavy atom. The molecule has 1 amide bonds. The van der Waals surface area contributed by atoms with Crippen LogP contribution in [0.25, 0.3) is 10.9 Å². The van der Waals surface area contributed by atoms with Crippen LogP contribution in [0.2, 0.25) is 5.02 Å². The third kappa shape index (κ3) is 2.85. The highest BCUT2D eigenvalue weighted by Gasteiger charge is 2.16. The van der Waals surface area contributed by atoms with Gasteiger partial charge in [-0.2, -0.15) is 0 Å². The average molecular weight is 327 g/mol. The van der Waals surface area contributed by atoms with Crippen molar-refractivity contribution in [3.05, 3.63) is 64.8 Å². The van der Waals surface area contributed by atoms with Crippen molar-refractivity contribution in [3.8, 4) is 0 Å². The Morgan fingerprint density at radius 1 is 1.13 bits per heavy atom. The first kappa shape index (κ1) is 15.3. The number of carbonyl (C=O) groups is 2. The molecule has 0 aliphatic carbocycles. The van der Waals surface area contributed by atoms with Gasteiger partial charge in [-0.1, -0.05) is 35.9 Å². The Morgan fingerprint density at radius 2 is 1.87 bits per heavy atom. The highest BCUT2D eigenvalue weighted by Crippen LogP contribution is 2.24. The number of fused-ring (bicyclic) bond motifs is 1. The number of para-hydroxylation sites is 1. The zero-order valence-corrected chi connectivity index (χ0v) is 13.5. The fourth-order valence-electron chi connectivity index (χ4n) is 2.49. The summed E-state index contributed by atoms with van der Waals surface area (Å²) in [5.41, 5.74) is 2.72. The van der Waals surface area contributed by atoms with Crippen molar-refractivity contribution < 1.29 is 9.59 Å². The SMILES string of the molecule is CC(=O)n1cc(C(=O)Nc2ccc(C)c(Cl)c2)c2ccccc21. The van der Waals surface area contributed by atoms with Crippen molar-refractivity contribution >= 4 is 40.0 Å². The van der Waals surface area contributed by atoms with Gasteiger partial charge in [0.1, 0.15) is 0 Å². The van der Waals surface area contributed by atoms with E-state index < -0.39 is 0 Å². The molecule has 0 aliphatic rings. The Kier molecular flexibility index (Phi) is 3.92. The summed E-state index contributed by atoms with van der Waals surface area (Å²) in [6.45, 7) is 3.36. The zero-order valence-electron chi connectivity index (χ0n) is 12.8. The minimum Gasteiger partial charge on any atom is -0.322 e. The monoisotopic (exact) mass is 326 g/mol. The summed E-state index contributed by atoms with van der Waals surface area (Å²) in [6.07, 6.45) is 1.57. The van der Waals surface area contributed by atoms with Gasteiger partial charge in [-0.05, 0) is 30.7 Å². The van der Waals surface area contributed by atoms with E-state index in [4.69, 9.17) is 11.6 Å². The minimum atomic E-state index is -0.277. The number of nitrogens with zero attached hydrogens (tertiary/aromatic N) is 1. The van der Waals surface area contributed by atoms with Gasteiger partial charge in [0.05, 0.1) is 11.1 Å². The van der Waals surface area contributed by atoms with Crippen LogP contribution in [0, 0.1) is 6.92 Å². The van der Waals surface area contributed by atoms with E-state index in [1.165, 1.54) is 11.5 Å². The van der Waals surface area contributed by atoms with E-state index in [0.717, 1.165) is 10.9 Å². The lowest BCUT2D eigenvalue weighted by Crippen LogP contribution is -2.12. The normalized spacial score (nSPS) is 10.7. The molecule has 4 nitrogen and oxygen atoms in total. The number of nitrogens with one attached hydrogen (secondary N) is 1. The number of aromatic nitrogens is 1. The second kappa shape index (κ2) is 5.89. The second-order valence-corrected chi connectivity index (χ2v) is 5.77. The molecule has 1 N–H and O–H groups in total. The molecule has 116 valence electrons. The lowest BCUT2D eigenvalue weighted by atomic mass is 10.1. The van der Waals surface area contributed by atoms with Crippen molar-refractivity contribution in [2.75, 3.05) is 5.32 Å². The molecule has 5 heteroatoms. The van der Waals surface area contributed by atoms with Gasteiger partial charge in [-0.3, -0.25) is 14.2 Å². The molecule has 1 heterocycles. The zero-order chi connectivity index (χ0) is 16.6. The van der Waals surface area contributed by atoms with Crippen molar-refractivity contribution in [2.24, 2.45) is 0 Å². The van der Waals surface area contributed by atoms with E-state index in [9.17, 15) is 9.59 Å². The van der Waals surface area contributed by atoms with Gasteiger partial charge in [0.15, 0.2) is 0 Å². The highest BCUT2D eigenvalue weighted by molar-refractivity contribution is 6.31. The summed E-state index contributed by atoms with van der Waals surface area (Å²) < 4.78 is 1.48. The van der Waals surface area contributed by atoms with Crippen LogP contribution >= 0.6 is 11.6 Å². The fraction of sp³-hybridized carbons (Fsp3) is 0.111. The number of amides is 1. The maximum absolute atomic E-state index is 12.6. The predicted octanol–water partition coefficient (Wildman–Crippen LogP) is 4.52. The van der Waals surface area contributed by atoms with Crippen LogP contribution in [-0.4, -0.2) is 16.4 Å². The van der Waals surface area contributed by atoms with Crippen LogP contribution in [0.1, 0.15) is 27.6 Å². The Hall–Kier alpha value is -2.59. The van der Waals surface area contributed by atoms with Gasteiger partial charge >= 0.3 is 0 Å². The van der Waals surface area contributed by atoms with E-state index in [1.54, 1.807) is 18.3 Å². The maximum atomic E-state index is 12.6. The highest BCUT2D eigenvalue weighted by atomic mass is 35.5. The summed E-state index contributed by atoms with van der Waals surface area (Å²) in [5, 5.41) is 4.15. The van der Waals surface area contributed by atoms with E-state index in [-0.39, 0.29) is 11.8 Å². The summed E-state index contributed by atoms with van der Waals surface area (Å²) in [6, 6.07) is 12.7. The number of carbonyl (C=O) groups excluding carboxylic acids is 2. The molecule has 1 aromatic heterocycles. The average Bonchev–Trinajstić information content (AvgIpc) is 2.91. The first-order valence-electron chi connectivity index (χ1n) is 7.16. The van der Waals surface area contributed by atoms with Crippen LogP contribution in [0.15, 0.2) is 48.7 Å². The second-order valence-electron chi connectivity index (χ2n) is 5.37. The van der Waals surface area contributed by atoms with Gasteiger partial charge in [-0.15, -0.1) is 0 Å². The summed E-state index contributed by atoms with van der Waals surface area (Å²) in [4.78, 5) is 24.3. The molecule has 0 saturated heterocycles. The summed E-state index contributed by atoms with van der Waals surface area (Å²) in [5.74, 6) is -0.417. The molecule has 3 rings (SSSR count). The molecule has 0 saturated carbocycles. The van der Waals surface area contributed by atoms with Crippen LogP contribution in [0.4, 0.5) is 5.69 Å². The number of hydrogen-bond donors (Lipinski definition) is 1. The fourth-order valence-corrected chi connectivity index (χ4v) is 2.67. The van der Waals surface area contributed by atoms with E-state index in [1.807, 2.05) is 37.3 Å². The van der Waals surface area contributed by atoms with Crippen LogP contribution in [0.5, 0.6) is 0 Å². The molecule has 0 radical (unpaired) electrons. The minimum absolute atomic E-state index is 0.140. The Balaban J connectivity index is 2.01. The van der Waals surface area contributed by atoms with Crippen molar-refractivity contribution in [1.82, 2.24) is 4.57 Å². The molecule has 0 bridgehead atoms. The summed E-state index contributed by atoms with van der Waals surface area (Å²) >= 11 is 6.08. The van der Waals surface area contributed by atoms with E-state index in [0.29, 0.717) is 21.8 Å². The molecular weight excluding hydrogens is 312 g/mol. The quantitative estimate of drug-likeness (QED) is 0.753. The summed E-state index contributed by atoms with van der Waals surface area (Å²) in [7, 11) is 0. The number of halogens is 1. The lowest BCUT2D eigenvalue weighted by Gasteiger charge is -2.06. The van der Waals surface area contributed by atoms with Gasteiger partial charge in [-0.25, -0.2) is 0 Å². The molecule has 2 aromatic carbocycles. The van der Waals surface area contributed by atoms with Crippen molar-refractivity contribution in [2.45, 2.75) is 13.8 Å². The number of aryl methyl sites for hydroxylation is 1. The largest absolute Gasteiger partial charge is 0.322 e. The Bertz CT molecular complexity index is 928. The van der Waals surface area contributed by atoms with Crippen molar-refractivity contribution in [1.29, 1.82) is 0 Å². The molecule has 3 aromatic rings.